The predicted octanol–water partition coefficient (Wildman–Crippen LogP) is -8.33. The minimum Gasteiger partial charge on any atom is -1.00 e. The van der Waals surface area contributed by atoms with Crippen molar-refractivity contribution in [1.82, 2.24) is 4.98 Å². The van der Waals surface area contributed by atoms with Crippen molar-refractivity contribution in [2.45, 2.75) is 12.1 Å². The Morgan fingerprint density at radius 1 is 0.885 bits per heavy atom. The fraction of sp³-hybridized carbons (Fsp3) is 0.533. The maximum atomic E-state index is 5.59. The molecule has 0 aromatic carbocycles. The summed E-state index contributed by atoms with van der Waals surface area (Å²) in [5.74, 6) is 1.08. The van der Waals surface area contributed by atoms with Gasteiger partial charge in [-0.05, 0) is 12.1 Å². The monoisotopic (exact) mass is 469 g/mol. The molecule has 0 spiro atoms. The van der Waals surface area contributed by atoms with Gasteiger partial charge in [0.2, 0.25) is 11.8 Å². The number of halogens is 3. The van der Waals surface area contributed by atoms with E-state index >= 15 is 0 Å². The summed E-state index contributed by atoms with van der Waals surface area (Å²) in [6.07, 6.45) is 0. The number of methoxy groups -OCH3 is 2. The molecule has 0 aliphatic carbocycles. The smallest absolute Gasteiger partial charge is 1.00 e. The van der Waals surface area contributed by atoms with E-state index in [0.717, 1.165) is 0 Å². The molecule has 0 bridgehead atoms. The summed E-state index contributed by atoms with van der Waals surface area (Å²) >= 11 is 0. The maximum absolute atomic E-state index is 5.59. The van der Waals surface area contributed by atoms with E-state index in [0.29, 0.717) is 49.6 Å². The van der Waals surface area contributed by atoms with Gasteiger partial charge in [-0.25, -0.2) is 15.0 Å². The minimum absolute atomic E-state index is 0. The molecule has 0 saturated carbocycles. The van der Waals surface area contributed by atoms with Crippen LogP contribution in [0.3, 0.4) is 0 Å². The number of aliphatic imine (C=N–C) groups is 2. The average Bonchev–Trinajstić information content (AvgIpc) is 3.18. The van der Waals surface area contributed by atoms with Crippen molar-refractivity contribution in [2.75, 3.05) is 40.6 Å². The Bertz CT molecular complexity index is 560. The second-order valence-corrected chi connectivity index (χ2v) is 5.12. The molecule has 3 rings (SSSR count). The molecule has 11 heteroatoms. The molecule has 148 valence electrons. The molecule has 1 aromatic heterocycles. The van der Waals surface area contributed by atoms with Crippen LogP contribution in [0.15, 0.2) is 28.2 Å². The number of nitrogens with zero attached hydrogens (tertiary/aromatic N) is 3. The van der Waals surface area contributed by atoms with E-state index in [9.17, 15) is 0 Å². The van der Waals surface area contributed by atoms with Gasteiger partial charge in [0.15, 0.2) is 0 Å². The quantitative estimate of drug-likeness (QED) is 0.413. The van der Waals surface area contributed by atoms with Crippen molar-refractivity contribution in [3.05, 3.63) is 29.6 Å². The van der Waals surface area contributed by atoms with Gasteiger partial charge in [0.1, 0.15) is 36.7 Å². The van der Waals surface area contributed by atoms with Crippen molar-refractivity contribution < 1.29 is 72.9 Å². The molecule has 0 radical (unpaired) electrons. The Morgan fingerprint density at radius 3 is 1.69 bits per heavy atom. The molecule has 2 aliphatic heterocycles. The number of hydrogen-bond donors (Lipinski definition) is 0. The van der Waals surface area contributed by atoms with Gasteiger partial charge in [0, 0.05) is 14.2 Å². The predicted molar refractivity (Wildman–Crippen MR) is 80.5 cm³/mol. The molecule has 0 fully saturated rings. The van der Waals surface area contributed by atoms with Crippen LogP contribution in [-0.4, -0.2) is 69.5 Å². The summed E-state index contributed by atoms with van der Waals surface area (Å²) in [6.45, 7) is 2.11. The van der Waals surface area contributed by atoms with Crippen molar-refractivity contribution in [3.8, 4) is 0 Å². The van der Waals surface area contributed by atoms with Crippen molar-refractivity contribution in [3.63, 3.8) is 0 Å². The molecule has 0 N–H and O–H groups in total. The Kier molecular flexibility index (Phi) is 14.4. The largest absolute Gasteiger partial charge is 3.00 e. The zero-order valence-corrected chi connectivity index (χ0v) is 17.5. The van der Waals surface area contributed by atoms with Gasteiger partial charge < -0.3 is 56.2 Å². The Hall–Kier alpha value is -0.614. The molecule has 7 nitrogen and oxygen atoms in total. The summed E-state index contributed by atoms with van der Waals surface area (Å²) in [4.78, 5) is 13.5. The van der Waals surface area contributed by atoms with E-state index in [4.69, 9.17) is 18.9 Å². The maximum Gasteiger partial charge on any atom is 3.00 e. The van der Waals surface area contributed by atoms with Gasteiger partial charge in [-0.1, -0.05) is 6.07 Å². The third-order valence-corrected chi connectivity index (χ3v) is 3.33. The standard InChI is InChI=1S/C15H19N3O4.3ClH.Co/c1-19-6-10-8-21-14(16-10)12-4-3-5-13(18-12)15-17-11(7-20-2)9-22-15;;;;/h3-5,10-11H,6-9H2,1-2H3;3*1H;/q;;;;+3/p-3. The van der Waals surface area contributed by atoms with Crippen LogP contribution in [0, 0.1) is 0 Å². The van der Waals surface area contributed by atoms with Crippen molar-refractivity contribution >= 4 is 11.8 Å². The Labute approximate surface area is 181 Å². The fourth-order valence-electron chi connectivity index (χ4n) is 2.34. The summed E-state index contributed by atoms with van der Waals surface area (Å²) in [6, 6.07) is 5.66. The molecule has 0 amide bonds. The zero-order chi connectivity index (χ0) is 15.4. The third-order valence-electron chi connectivity index (χ3n) is 3.33. The SMILES string of the molecule is COCC1COC(c2cccc(C3=NC(COC)CO3)n2)=N1.[Cl-].[Cl-].[Cl-].[Co+3]. The van der Waals surface area contributed by atoms with Crippen LogP contribution in [0.25, 0.3) is 0 Å². The van der Waals surface area contributed by atoms with E-state index in [2.05, 4.69) is 15.0 Å². The molecular formula is C15H19Cl3CoN3O4. The van der Waals surface area contributed by atoms with Gasteiger partial charge in [0.25, 0.3) is 0 Å². The van der Waals surface area contributed by atoms with Crippen LogP contribution in [-0.2, 0) is 35.7 Å². The van der Waals surface area contributed by atoms with Gasteiger partial charge in [0.05, 0.1) is 13.2 Å². The van der Waals surface area contributed by atoms with E-state index < -0.39 is 0 Å². The first-order valence-corrected chi connectivity index (χ1v) is 7.17. The van der Waals surface area contributed by atoms with Gasteiger partial charge in [-0.2, -0.15) is 0 Å². The first-order chi connectivity index (χ1) is 10.8. The van der Waals surface area contributed by atoms with E-state index in [1.165, 1.54) is 0 Å². The number of ether oxygens (including phenoxy) is 4. The van der Waals surface area contributed by atoms with Crippen LogP contribution in [0.1, 0.15) is 11.4 Å². The summed E-state index contributed by atoms with van der Waals surface area (Å²) < 4.78 is 21.4. The molecule has 2 aliphatic rings. The Balaban J connectivity index is 0. The second-order valence-electron chi connectivity index (χ2n) is 5.12. The first kappa shape index (κ1) is 27.6. The molecular weight excluding hydrogens is 451 g/mol. The van der Waals surface area contributed by atoms with E-state index in [-0.39, 0.29) is 66.1 Å². The van der Waals surface area contributed by atoms with E-state index in [1.54, 1.807) is 14.2 Å². The van der Waals surface area contributed by atoms with Gasteiger partial charge >= 0.3 is 16.8 Å². The zero-order valence-electron chi connectivity index (χ0n) is 14.2. The first-order valence-electron chi connectivity index (χ1n) is 7.17. The molecule has 0 saturated heterocycles. The molecule has 26 heavy (non-hydrogen) atoms. The molecule has 1 aromatic rings. The van der Waals surface area contributed by atoms with Gasteiger partial charge in [-0.15, -0.1) is 0 Å². The number of pyridine rings is 1. The van der Waals surface area contributed by atoms with Gasteiger partial charge in [-0.3, -0.25) is 0 Å². The van der Waals surface area contributed by atoms with Crippen LogP contribution in [0.4, 0.5) is 0 Å². The number of aromatic nitrogens is 1. The fourth-order valence-corrected chi connectivity index (χ4v) is 2.34. The van der Waals surface area contributed by atoms with Crippen molar-refractivity contribution in [1.29, 1.82) is 0 Å². The average molecular weight is 471 g/mol. The summed E-state index contributed by atoms with van der Waals surface area (Å²) in [5, 5.41) is 0. The van der Waals surface area contributed by atoms with E-state index in [1.807, 2.05) is 18.2 Å². The van der Waals surface area contributed by atoms with Crippen LogP contribution < -0.4 is 37.2 Å². The van der Waals surface area contributed by atoms with Crippen LogP contribution in [0.5, 0.6) is 0 Å². The van der Waals surface area contributed by atoms with Crippen LogP contribution >= 0.6 is 0 Å². The molecule has 3 heterocycles. The number of hydrogen-bond acceptors (Lipinski definition) is 7. The topological polar surface area (TPSA) is 74.5 Å². The summed E-state index contributed by atoms with van der Waals surface area (Å²) in [5.41, 5.74) is 1.36. The number of rotatable bonds is 6. The summed E-state index contributed by atoms with van der Waals surface area (Å²) in [7, 11) is 3.30. The van der Waals surface area contributed by atoms with Crippen molar-refractivity contribution in [2.24, 2.45) is 9.98 Å². The third kappa shape index (κ3) is 6.84. The Morgan fingerprint density at radius 2 is 1.31 bits per heavy atom. The second kappa shape index (κ2) is 13.5. The minimum atomic E-state index is 0. The van der Waals surface area contributed by atoms with Crippen LogP contribution in [0.2, 0.25) is 0 Å². The molecule has 2 atom stereocenters. The molecule has 2 unspecified atom stereocenters. The normalized spacial score (nSPS) is 20.1.